The molecule has 1 saturated heterocycles. The van der Waals surface area contributed by atoms with E-state index < -0.39 is 35.3 Å². The molecule has 1 aliphatic heterocycles. The Bertz CT molecular complexity index is 754. The van der Waals surface area contributed by atoms with Gasteiger partial charge in [0.25, 0.3) is 0 Å². The molecule has 5 aliphatic rings. The van der Waals surface area contributed by atoms with Gasteiger partial charge < -0.3 is 14.6 Å². The third-order valence-corrected chi connectivity index (χ3v) is 8.67. The van der Waals surface area contributed by atoms with E-state index in [2.05, 4.69) is 20.8 Å². The Balaban J connectivity index is 1.76. The van der Waals surface area contributed by atoms with Crippen molar-refractivity contribution in [1.29, 1.82) is 0 Å². The lowest BCUT2D eigenvalue weighted by Gasteiger charge is -2.45. The van der Waals surface area contributed by atoms with E-state index >= 15 is 0 Å². The zero-order chi connectivity index (χ0) is 18.8. The number of ketones is 1. The molecule has 3 saturated carbocycles. The molecule has 142 valence electrons. The van der Waals surface area contributed by atoms with E-state index in [1.165, 1.54) is 0 Å². The number of ether oxygens (including phenoxy) is 2. The van der Waals surface area contributed by atoms with Crippen molar-refractivity contribution < 1.29 is 24.2 Å². The summed E-state index contributed by atoms with van der Waals surface area (Å²) < 4.78 is 11.4. The molecule has 1 N–H and O–H groups in total. The number of hydrogen-bond acceptors (Lipinski definition) is 5. The molecule has 0 aromatic rings. The molecular formula is C21H28O5. The smallest absolute Gasteiger partial charge is 0.422 e. The van der Waals surface area contributed by atoms with E-state index in [4.69, 9.17) is 9.47 Å². The molecule has 9 atom stereocenters. The van der Waals surface area contributed by atoms with Crippen LogP contribution in [0.2, 0.25) is 0 Å². The van der Waals surface area contributed by atoms with Crippen molar-refractivity contribution >= 4 is 11.9 Å². The Labute approximate surface area is 154 Å². The summed E-state index contributed by atoms with van der Waals surface area (Å²) in [6.45, 7) is 10.5. The first-order valence-electron chi connectivity index (χ1n) is 9.89. The third kappa shape index (κ3) is 1.55. The lowest BCUT2D eigenvalue weighted by Crippen LogP contribution is -2.58. The van der Waals surface area contributed by atoms with Crippen molar-refractivity contribution in [3.63, 3.8) is 0 Å². The van der Waals surface area contributed by atoms with Crippen molar-refractivity contribution in [3.05, 3.63) is 11.6 Å². The van der Waals surface area contributed by atoms with Crippen LogP contribution in [0.1, 0.15) is 47.5 Å². The first-order chi connectivity index (χ1) is 12.1. The van der Waals surface area contributed by atoms with E-state index in [1.54, 1.807) is 0 Å². The highest BCUT2D eigenvalue weighted by Gasteiger charge is 2.79. The fourth-order valence-electron chi connectivity index (χ4n) is 7.41. The summed E-state index contributed by atoms with van der Waals surface area (Å²) in [5.74, 6) is 0.214. The highest BCUT2D eigenvalue weighted by atomic mass is 16.8. The summed E-state index contributed by atoms with van der Waals surface area (Å²) in [6.07, 6.45) is 1.51. The SMILES string of the molecule is CC1=C[C@]23C(=O)[C@@H]([C@H](O)[C@H](C)C[C@@]24OC(=O)O[C@@H]14)[C@H]1[C@@H](C[C@H]3C)C1(C)C. The molecule has 5 rings (SSSR count). The van der Waals surface area contributed by atoms with Crippen molar-refractivity contribution in [2.24, 2.45) is 40.4 Å². The van der Waals surface area contributed by atoms with Gasteiger partial charge in [-0.3, -0.25) is 4.79 Å². The minimum absolute atomic E-state index is 0.0428. The van der Waals surface area contributed by atoms with E-state index in [9.17, 15) is 14.7 Å². The lowest BCUT2D eigenvalue weighted by molar-refractivity contribution is -0.148. The van der Waals surface area contributed by atoms with Crippen LogP contribution in [0, 0.1) is 40.4 Å². The predicted octanol–water partition coefficient (Wildman–Crippen LogP) is 3.10. The lowest BCUT2D eigenvalue weighted by atomic mass is 9.60. The maximum absolute atomic E-state index is 14.1. The summed E-state index contributed by atoms with van der Waals surface area (Å²) in [5, 5.41) is 11.2. The van der Waals surface area contributed by atoms with Crippen LogP contribution in [-0.4, -0.2) is 34.9 Å². The van der Waals surface area contributed by atoms with E-state index in [0.717, 1.165) is 12.0 Å². The summed E-state index contributed by atoms with van der Waals surface area (Å²) in [5.41, 5.74) is -0.893. The quantitative estimate of drug-likeness (QED) is 0.531. The second-order valence-corrected chi connectivity index (χ2v) is 10.1. The summed E-state index contributed by atoms with van der Waals surface area (Å²) in [6, 6.07) is 0. The van der Waals surface area contributed by atoms with E-state index in [0.29, 0.717) is 12.3 Å². The number of fused-ring (bicyclic) bond motifs is 3. The van der Waals surface area contributed by atoms with Crippen LogP contribution in [0.4, 0.5) is 4.79 Å². The average Bonchev–Trinajstić information content (AvgIpc) is 2.85. The molecule has 26 heavy (non-hydrogen) atoms. The third-order valence-electron chi connectivity index (χ3n) is 8.67. The molecule has 0 amide bonds. The van der Waals surface area contributed by atoms with Gasteiger partial charge in [0.1, 0.15) is 0 Å². The van der Waals surface area contributed by atoms with Crippen molar-refractivity contribution in [2.45, 2.75) is 65.3 Å². The van der Waals surface area contributed by atoms with Gasteiger partial charge in [0.05, 0.1) is 11.5 Å². The van der Waals surface area contributed by atoms with Crippen LogP contribution in [0.15, 0.2) is 11.6 Å². The van der Waals surface area contributed by atoms with Gasteiger partial charge in [0.2, 0.25) is 0 Å². The summed E-state index contributed by atoms with van der Waals surface area (Å²) >= 11 is 0. The highest BCUT2D eigenvalue weighted by Crippen LogP contribution is 2.73. The molecule has 0 aromatic heterocycles. The standard InChI is InChI=1S/C21H28O5/c1-9-8-21-17(25-18(24)26-21)10(2)7-20(21)11(3)6-12-14(19(12,4)5)13(15(9)22)16(20)23/h7,9,11-15,17,22H,6,8H2,1-5H3/t9-,11-,12-,13-,14-,15-,17+,20+,21+/m1/s1. The summed E-state index contributed by atoms with van der Waals surface area (Å²) in [4.78, 5) is 26.2. The van der Waals surface area contributed by atoms with Crippen molar-refractivity contribution in [3.8, 4) is 0 Å². The minimum Gasteiger partial charge on any atom is -0.422 e. The topological polar surface area (TPSA) is 72.8 Å². The van der Waals surface area contributed by atoms with Crippen molar-refractivity contribution in [2.75, 3.05) is 0 Å². The fourth-order valence-corrected chi connectivity index (χ4v) is 7.41. The fraction of sp³-hybridized carbons (Fsp3) is 0.810. The normalized spacial score (nSPS) is 56.2. The first kappa shape index (κ1) is 16.8. The Kier molecular flexibility index (Phi) is 2.93. The van der Waals surface area contributed by atoms with Gasteiger partial charge >= 0.3 is 6.16 Å². The van der Waals surface area contributed by atoms with Gasteiger partial charge in [0, 0.05) is 5.92 Å². The van der Waals surface area contributed by atoms with E-state index in [1.807, 2.05) is 19.9 Å². The minimum atomic E-state index is -0.999. The van der Waals surface area contributed by atoms with Crippen LogP contribution >= 0.6 is 0 Å². The van der Waals surface area contributed by atoms with Crippen LogP contribution in [0.3, 0.4) is 0 Å². The number of aliphatic hydroxyl groups is 1. The second kappa shape index (κ2) is 4.54. The van der Waals surface area contributed by atoms with Gasteiger partial charge in [-0.05, 0) is 54.4 Å². The molecule has 1 heterocycles. The Hall–Kier alpha value is -1.36. The zero-order valence-electron chi connectivity index (χ0n) is 16.1. The van der Waals surface area contributed by atoms with Gasteiger partial charge in [0.15, 0.2) is 17.5 Å². The van der Waals surface area contributed by atoms with E-state index in [-0.39, 0.29) is 29.0 Å². The molecule has 5 heteroatoms. The number of aliphatic hydroxyl groups excluding tert-OH is 1. The van der Waals surface area contributed by atoms with Gasteiger partial charge in [-0.25, -0.2) is 4.79 Å². The van der Waals surface area contributed by atoms with Crippen molar-refractivity contribution in [1.82, 2.24) is 0 Å². The molecule has 5 nitrogen and oxygen atoms in total. The molecular weight excluding hydrogens is 332 g/mol. The first-order valence-corrected chi connectivity index (χ1v) is 9.89. The highest BCUT2D eigenvalue weighted by molar-refractivity contribution is 5.95. The number of Topliss-reactive ketones (excluding diaryl/α,β-unsaturated/α-hetero) is 1. The van der Waals surface area contributed by atoms with Gasteiger partial charge in [-0.1, -0.05) is 33.8 Å². The molecule has 4 fully saturated rings. The average molecular weight is 360 g/mol. The number of carbonyl (C=O) groups excluding carboxylic acids is 2. The maximum atomic E-state index is 14.1. The monoisotopic (exact) mass is 360 g/mol. The zero-order valence-corrected chi connectivity index (χ0v) is 16.1. The Morgan fingerprint density at radius 3 is 2.62 bits per heavy atom. The number of carbonyl (C=O) groups is 2. The largest absolute Gasteiger partial charge is 0.509 e. The Morgan fingerprint density at radius 1 is 1.23 bits per heavy atom. The van der Waals surface area contributed by atoms with Crippen LogP contribution in [0.25, 0.3) is 0 Å². The van der Waals surface area contributed by atoms with Gasteiger partial charge in [-0.15, -0.1) is 0 Å². The van der Waals surface area contributed by atoms with Gasteiger partial charge in [-0.2, -0.15) is 0 Å². The predicted molar refractivity (Wildman–Crippen MR) is 93.1 cm³/mol. The van der Waals surface area contributed by atoms with Crippen LogP contribution in [0.5, 0.6) is 0 Å². The number of hydrogen-bond donors (Lipinski definition) is 1. The van der Waals surface area contributed by atoms with Crippen LogP contribution < -0.4 is 0 Å². The molecule has 0 unspecified atom stereocenters. The van der Waals surface area contributed by atoms with Crippen LogP contribution in [-0.2, 0) is 14.3 Å². The molecule has 4 aliphatic carbocycles. The molecule has 0 aromatic carbocycles. The molecule has 0 radical (unpaired) electrons. The number of rotatable bonds is 0. The Morgan fingerprint density at radius 2 is 1.92 bits per heavy atom. The second-order valence-electron chi connectivity index (χ2n) is 10.1. The molecule has 2 bridgehead atoms. The molecule has 2 spiro atoms. The maximum Gasteiger partial charge on any atom is 0.509 e. The summed E-state index contributed by atoms with van der Waals surface area (Å²) in [7, 11) is 0.